The number of carbonyl (C=O) groups is 1. The van der Waals surface area contributed by atoms with Crippen LogP contribution >= 0.6 is 0 Å². The van der Waals surface area contributed by atoms with E-state index >= 15 is 0 Å². The Labute approximate surface area is 321 Å². The Hall–Kier alpha value is -5.81. The van der Waals surface area contributed by atoms with Crippen LogP contribution < -0.4 is 0 Å². The van der Waals surface area contributed by atoms with E-state index in [1.807, 2.05) is 36.4 Å². The molecule has 54 heavy (non-hydrogen) atoms. The lowest BCUT2D eigenvalue weighted by Crippen LogP contribution is -2.28. The van der Waals surface area contributed by atoms with Crippen molar-refractivity contribution in [3.8, 4) is 11.5 Å². The van der Waals surface area contributed by atoms with Crippen molar-refractivity contribution in [2.24, 2.45) is 0 Å². The molecule has 5 heteroatoms. The Morgan fingerprint density at radius 3 is 0.815 bits per heavy atom. The van der Waals surface area contributed by atoms with Crippen LogP contribution in [0.25, 0.3) is 0 Å². The summed E-state index contributed by atoms with van der Waals surface area (Å²) in [6.07, 6.45) is -1.83. The molecule has 0 atom stereocenters. The molecule has 6 rings (SSSR count). The van der Waals surface area contributed by atoms with E-state index < -0.39 is 6.16 Å². The van der Waals surface area contributed by atoms with Crippen LogP contribution in [-0.2, 0) is 21.7 Å². The van der Waals surface area contributed by atoms with Gasteiger partial charge >= 0.3 is 6.16 Å². The Morgan fingerprint density at radius 2 is 0.574 bits per heavy atom. The summed E-state index contributed by atoms with van der Waals surface area (Å²) in [4.78, 5) is 8.56. The first-order valence-corrected chi connectivity index (χ1v) is 18.2. The van der Waals surface area contributed by atoms with Gasteiger partial charge in [0.15, 0.2) is 0 Å². The first-order valence-electron chi connectivity index (χ1n) is 18.2. The zero-order chi connectivity index (χ0) is 39.7. The van der Waals surface area contributed by atoms with Crippen LogP contribution in [0.1, 0.15) is 99.9 Å². The van der Waals surface area contributed by atoms with Gasteiger partial charge in [0.05, 0.1) is 0 Å². The van der Waals surface area contributed by atoms with Crippen LogP contribution in [0.15, 0.2) is 158 Å². The largest absolute Gasteiger partial charge is 0.508 e. The summed E-state index contributed by atoms with van der Waals surface area (Å²) in [6.45, 7) is 17.6. The fourth-order valence-electron chi connectivity index (χ4n) is 7.45. The standard InChI is InChI=1S/2C24H26O.CH2O3/c2*1-23(2,18-12-7-5-8-13-18)20-16-11-17-21(25)22(20)24(3,4)19-14-9-6-10-15-19;2-1(3)4/h2*5-17,25H,1-4H3;(H2,2,3,4). The fraction of sp³-hybridized carbons (Fsp3) is 0.245. The van der Waals surface area contributed by atoms with E-state index in [-0.39, 0.29) is 21.7 Å². The Kier molecular flexibility index (Phi) is 12.8. The highest BCUT2D eigenvalue weighted by Crippen LogP contribution is 2.46. The first-order chi connectivity index (χ1) is 25.4. The normalized spacial score (nSPS) is 11.7. The van der Waals surface area contributed by atoms with E-state index in [4.69, 9.17) is 15.0 Å². The summed E-state index contributed by atoms with van der Waals surface area (Å²) in [6, 6.07) is 53.6. The number of hydrogen-bond donors (Lipinski definition) is 4. The number of rotatable bonds is 8. The highest BCUT2D eigenvalue weighted by Gasteiger charge is 2.36. The number of hydrogen-bond acceptors (Lipinski definition) is 3. The van der Waals surface area contributed by atoms with E-state index in [0.717, 1.165) is 22.3 Å². The van der Waals surface area contributed by atoms with Gasteiger partial charge in [-0.15, -0.1) is 0 Å². The van der Waals surface area contributed by atoms with Gasteiger partial charge in [-0.1, -0.05) is 201 Å². The highest BCUT2D eigenvalue weighted by atomic mass is 16.6. The van der Waals surface area contributed by atoms with Gasteiger partial charge in [0.2, 0.25) is 0 Å². The minimum Gasteiger partial charge on any atom is -0.508 e. The Balaban J connectivity index is 0.000000219. The zero-order valence-electron chi connectivity index (χ0n) is 32.7. The second-order valence-corrected chi connectivity index (χ2v) is 15.6. The van der Waals surface area contributed by atoms with Crippen molar-refractivity contribution in [3.05, 3.63) is 202 Å². The van der Waals surface area contributed by atoms with Crippen molar-refractivity contribution < 1.29 is 25.2 Å². The van der Waals surface area contributed by atoms with Crippen LogP contribution in [0.5, 0.6) is 11.5 Å². The molecule has 6 aromatic carbocycles. The van der Waals surface area contributed by atoms with Crippen molar-refractivity contribution in [2.45, 2.75) is 77.0 Å². The van der Waals surface area contributed by atoms with E-state index in [0.29, 0.717) is 11.5 Å². The fourth-order valence-corrected chi connectivity index (χ4v) is 7.45. The molecule has 0 bridgehead atoms. The second kappa shape index (κ2) is 16.9. The van der Waals surface area contributed by atoms with Crippen LogP contribution in [0.2, 0.25) is 0 Å². The summed E-state index contributed by atoms with van der Waals surface area (Å²) in [5.74, 6) is 0.714. The maximum atomic E-state index is 10.8. The lowest BCUT2D eigenvalue weighted by molar-refractivity contribution is 0.137. The summed E-state index contributed by atoms with van der Waals surface area (Å²) in [7, 11) is 0. The summed E-state index contributed by atoms with van der Waals surface area (Å²) >= 11 is 0. The molecule has 0 radical (unpaired) electrons. The third-order valence-electron chi connectivity index (χ3n) is 10.7. The maximum Gasteiger partial charge on any atom is 0.503 e. The van der Waals surface area contributed by atoms with E-state index in [1.165, 1.54) is 22.3 Å². The number of aromatic hydroxyl groups is 2. The summed E-state index contributed by atoms with van der Waals surface area (Å²) in [5, 5.41) is 35.5. The van der Waals surface area contributed by atoms with Gasteiger partial charge in [-0.25, -0.2) is 4.79 Å². The van der Waals surface area contributed by atoms with Crippen molar-refractivity contribution in [2.75, 3.05) is 0 Å². The smallest absolute Gasteiger partial charge is 0.503 e. The van der Waals surface area contributed by atoms with Crippen molar-refractivity contribution in [1.29, 1.82) is 0 Å². The van der Waals surface area contributed by atoms with Crippen molar-refractivity contribution in [3.63, 3.8) is 0 Å². The van der Waals surface area contributed by atoms with Gasteiger partial charge in [0.25, 0.3) is 0 Å². The van der Waals surface area contributed by atoms with Gasteiger partial charge in [-0.2, -0.15) is 0 Å². The second-order valence-electron chi connectivity index (χ2n) is 15.6. The minimum atomic E-state index is -1.83. The Bertz CT molecular complexity index is 1950. The molecule has 0 aliphatic heterocycles. The van der Waals surface area contributed by atoms with Crippen LogP contribution in [0.3, 0.4) is 0 Å². The third-order valence-corrected chi connectivity index (χ3v) is 10.7. The SMILES string of the molecule is CC(C)(c1ccccc1)c1cccc(O)c1C(C)(C)c1ccccc1.CC(C)(c1ccccc1)c1cccc(O)c1C(C)(C)c1ccccc1.O=C(O)O. The molecule has 0 amide bonds. The monoisotopic (exact) mass is 722 g/mol. The molecular formula is C49H54O5. The molecule has 0 aromatic heterocycles. The van der Waals surface area contributed by atoms with E-state index in [2.05, 4.69) is 165 Å². The van der Waals surface area contributed by atoms with Crippen LogP contribution in [0.4, 0.5) is 4.79 Å². The van der Waals surface area contributed by atoms with Gasteiger partial charge in [-0.3, -0.25) is 0 Å². The number of benzene rings is 6. The lowest BCUT2D eigenvalue weighted by atomic mass is 9.68. The molecule has 0 saturated heterocycles. The number of phenols is 2. The zero-order valence-corrected chi connectivity index (χ0v) is 32.7. The molecule has 0 unspecified atom stereocenters. The van der Waals surface area contributed by atoms with Crippen LogP contribution in [-0.4, -0.2) is 26.6 Å². The van der Waals surface area contributed by atoms with Crippen molar-refractivity contribution >= 4 is 6.16 Å². The third kappa shape index (κ3) is 9.03. The number of carboxylic acid groups (broad SMARTS) is 2. The quantitative estimate of drug-likeness (QED) is 0.125. The molecule has 0 aliphatic rings. The maximum absolute atomic E-state index is 10.8. The molecule has 0 fully saturated rings. The van der Waals surface area contributed by atoms with Gasteiger partial charge < -0.3 is 20.4 Å². The molecule has 5 nitrogen and oxygen atoms in total. The van der Waals surface area contributed by atoms with Crippen molar-refractivity contribution in [1.82, 2.24) is 0 Å². The first kappa shape index (κ1) is 41.0. The van der Waals surface area contributed by atoms with Gasteiger partial charge in [-0.05, 0) is 45.5 Å². The predicted octanol–water partition coefficient (Wildman–Crippen LogP) is 12.3. The topological polar surface area (TPSA) is 98.0 Å². The molecular weight excluding hydrogens is 669 g/mol. The highest BCUT2D eigenvalue weighted by molar-refractivity contribution is 5.56. The minimum absolute atomic E-state index is 0.207. The summed E-state index contributed by atoms with van der Waals surface area (Å²) < 4.78 is 0. The summed E-state index contributed by atoms with van der Waals surface area (Å²) in [5.41, 5.74) is 8.18. The molecule has 4 N–H and O–H groups in total. The average Bonchev–Trinajstić information content (AvgIpc) is 3.16. The molecule has 6 aromatic rings. The molecule has 0 saturated carbocycles. The molecule has 0 aliphatic carbocycles. The Morgan fingerprint density at radius 1 is 0.352 bits per heavy atom. The average molecular weight is 723 g/mol. The molecule has 280 valence electrons. The van der Waals surface area contributed by atoms with E-state index in [9.17, 15) is 10.2 Å². The van der Waals surface area contributed by atoms with Gasteiger partial charge in [0.1, 0.15) is 11.5 Å². The van der Waals surface area contributed by atoms with Gasteiger partial charge in [0, 0.05) is 32.8 Å². The molecule has 0 spiro atoms. The van der Waals surface area contributed by atoms with E-state index in [1.54, 1.807) is 12.1 Å². The number of phenolic OH excluding ortho intramolecular Hbond substituents is 2. The predicted molar refractivity (Wildman–Crippen MR) is 221 cm³/mol. The lowest BCUT2D eigenvalue weighted by Gasteiger charge is -2.35. The van der Waals surface area contributed by atoms with Crippen LogP contribution in [0, 0.1) is 0 Å². The molecule has 0 heterocycles.